The Morgan fingerprint density at radius 2 is 1.94 bits per heavy atom. The average molecular weight is 300 g/mol. The first-order chi connectivity index (χ1) is 7.55. The van der Waals surface area contributed by atoms with Gasteiger partial charge in [-0.2, -0.15) is 0 Å². The van der Waals surface area contributed by atoms with Crippen LogP contribution in [0.25, 0.3) is 0 Å². The van der Waals surface area contributed by atoms with Gasteiger partial charge in [0.15, 0.2) is 0 Å². The largest absolute Gasteiger partial charge is 0.385 e. The van der Waals surface area contributed by atoms with Gasteiger partial charge in [-0.3, -0.25) is 0 Å². The van der Waals surface area contributed by atoms with Crippen LogP contribution in [0.3, 0.4) is 0 Å². The highest BCUT2D eigenvalue weighted by atomic mass is 35.5. The molecule has 0 spiro atoms. The third kappa shape index (κ3) is 5.99. The van der Waals surface area contributed by atoms with Crippen LogP contribution in [0.5, 0.6) is 0 Å². The molecule has 0 aliphatic carbocycles. The van der Waals surface area contributed by atoms with E-state index < -0.39 is 22.6 Å². The zero-order valence-electron chi connectivity index (χ0n) is 9.27. The van der Waals surface area contributed by atoms with Crippen LogP contribution in [-0.2, 0) is 16.6 Å². The van der Waals surface area contributed by atoms with Gasteiger partial charge in [-0.15, -0.1) is 11.3 Å². The van der Waals surface area contributed by atoms with Gasteiger partial charge in [0.1, 0.15) is 15.2 Å². The number of thiophene rings is 1. The van der Waals surface area contributed by atoms with Crippen molar-refractivity contribution in [3.63, 3.8) is 0 Å². The average Bonchev–Trinajstić information content (AvgIpc) is 2.44. The number of rotatable bonds is 2. The van der Waals surface area contributed by atoms with E-state index in [0.29, 0.717) is 14.1 Å². The smallest absolute Gasteiger partial charge is 0.309 e. The van der Waals surface area contributed by atoms with E-state index in [1.165, 1.54) is 17.4 Å². The molecular weight excluding hydrogens is 286 g/mol. The molecule has 0 aliphatic heterocycles. The summed E-state index contributed by atoms with van der Waals surface area (Å²) >= 11 is 7.00. The molecule has 17 heavy (non-hydrogen) atoms. The third-order valence-corrected chi connectivity index (χ3v) is 4.33. The molecular formula is C8H14ClN3O3S2. The summed E-state index contributed by atoms with van der Waals surface area (Å²) in [6, 6.07) is 0.690. The van der Waals surface area contributed by atoms with Gasteiger partial charge < -0.3 is 16.6 Å². The van der Waals surface area contributed by atoms with Gasteiger partial charge in [0.2, 0.25) is 0 Å². The molecule has 1 unspecified atom stereocenters. The summed E-state index contributed by atoms with van der Waals surface area (Å²) in [5.41, 5.74) is 7.49. The van der Waals surface area contributed by atoms with Crippen molar-refractivity contribution in [2.45, 2.75) is 23.7 Å². The summed E-state index contributed by atoms with van der Waals surface area (Å²) in [7, 11) is -1.53. The van der Waals surface area contributed by atoms with Gasteiger partial charge in [-0.25, -0.2) is 14.1 Å². The fourth-order valence-electron chi connectivity index (χ4n) is 0.864. The Kier molecular flexibility index (Phi) is 6.06. The van der Waals surface area contributed by atoms with Crippen molar-refractivity contribution in [3.8, 4) is 0 Å². The monoisotopic (exact) mass is 299 g/mol. The Bertz CT molecular complexity index is 424. The summed E-state index contributed by atoms with van der Waals surface area (Å²) < 4.78 is 11.4. The second kappa shape index (κ2) is 6.31. The third-order valence-electron chi connectivity index (χ3n) is 1.42. The van der Waals surface area contributed by atoms with Crippen LogP contribution >= 0.6 is 22.9 Å². The maximum atomic E-state index is 10.9. The molecule has 6 nitrogen and oxygen atoms in total. The van der Waals surface area contributed by atoms with Crippen LogP contribution in [0, 0.1) is 0 Å². The molecule has 1 rings (SSSR count). The van der Waals surface area contributed by atoms with Gasteiger partial charge in [0.05, 0.1) is 15.5 Å². The second-order valence-electron chi connectivity index (χ2n) is 3.50. The molecule has 0 aliphatic rings. The zero-order valence-corrected chi connectivity index (χ0v) is 11.7. The topological polar surface area (TPSA) is 132 Å². The summed E-state index contributed by atoms with van der Waals surface area (Å²) in [6.45, 7) is 3.24. The molecule has 0 radical (unpaired) electrons. The zero-order chi connectivity index (χ0) is 13.8. The molecule has 9 heteroatoms. The van der Waals surface area contributed by atoms with Crippen molar-refractivity contribution >= 4 is 40.0 Å². The van der Waals surface area contributed by atoms with E-state index in [-0.39, 0.29) is 0 Å². The Labute approximate surface area is 110 Å². The molecule has 0 aromatic carbocycles. The number of amides is 2. The van der Waals surface area contributed by atoms with Crippen molar-refractivity contribution in [1.82, 2.24) is 0 Å². The molecule has 0 fully saturated rings. The van der Waals surface area contributed by atoms with Gasteiger partial charge in [-0.05, 0) is 19.9 Å². The Morgan fingerprint density at radius 3 is 2.12 bits per heavy atom. The number of hydrogen-bond acceptors (Lipinski definition) is 4. The summed E-state index contributed by atoms with van der Waals surface area (Å²) in [6.07, 6.45) is 0. The van der Waals surface area contributed by atoms with Crippen molar-refractivity contribution in [1.29, 1.82) is 0 Å². The highest BCUT2D eigenvalue weighted by molar-refractivity contribution is 7.85. The van der Waals surface area contributed by atoms with E-state index in [1.54, 1.807) is 13.8 Å². The van der Waals surface area contributed by atoms with Gasteiger partial charge in [0, 0.05) is 0 Å². The summed E-state index contributed by atoms with van der Waals surface area (Å²) in [4.78, 5) is 9.59. The highest BCUT2D eigenvalue weighted by Crippen LogP contribution is 2.36. The number of carbonyl (C=O) groups is 1. The molecule has 2 amide bonds. The minimum absolute atomic E-state index is 0.409. The predicted octanol–water partition coefficient (Wildman–Crippen LogP) is 0.634. The molecule has 0 saturated heterocycles. The first kappa shape index (κ1) is 16.3. The van der Waals surface area contributed by atoms with E-state index in [2.05, 4.69) is 11.5 Å². The normalized spacial score (nSPS) is 12.5. The maximum absolute atomic E-state index is 10.9. The molecule has 0 saturated carbocycles. The Hall–Kier alpha value is -0.670. The van der Waals surface area contributed by atoms with E-state index in [0.717, 1.165) is 0 Å². The fraction of sp³-hybridized carbons (Fsp3) is 0.375. The first-order valence-corrected chi connectivity index (χ1v) is 6.69. The minimum Gasteiger partial charge on any atom is -0.385 e. The minimum atomic E-state index is -1.53. The maximum Gasteiger partial charge on any atom is 0.309 e. The lowest BCUT2D eigenvalue weighted by atomic mass is 10.1. The van der Waals surface area contributed by atoms with Crippen LogP contribution in [-0.4, -0.2) is 15.3 Å². The van der Waals surface area contributed by atoms with Crippen LogP contribution in [0.1, 0.15) is 18.7 Å². The lowest BCUT2D eigenvalue weighted by Gasteiger charge is -2.15. The Balaban J connectivity index is 0.000000557. The van der Waals surface area contributed by atoms with Gasteiger partial charge >= 0.3 is 6.03 Å². The number of halogens is 1. The quantitative estimate of drug-likeness (QED) is 0.638. The number of carbonyl (C=O) groups excluding carboxylic acids is 1. The second-order valence-corrected chi connectivity index (χ2v) is 6.25. The molecule has 7 N–H and O–H groups in total. The van der Waals surface area contributed by atoms with Gasteiger partial charge in [0.25, 0.3) is 0 Å². The number of primary amides is 2. The standard InChI is InChI=1S/C7H10ClNO2S2.CH4N2O/c1-7(2,10)6-4(8)3-5(12-6)13(9)11;2-1(3)4/h3,10H,9H2,1-2H3;(H4,2,3,4). The number of nitrogens with two attached hydrogens (primary N) is 3. The number of hydrogen-bond donors (Lipinski definition) is 4. The van der Waals surface area contributed by atoms with Crippen LogP contribution in [0.4, 0.5) is 4.79 Å². The van der Waals surface area contributed by atoms with E-state index >= 15 is 0 Å². The molecule has 1 heterocycles. The van der Waals surface area contributed by atoms with E-state index in [9.17, 15) is 9.32 Å². The number of urea groups is 1. The summed E-state index contributed by atoms with van der Waals surface area (Å²) in [5.74, 6) is 0. The molecule has 1 aromatic rings. The fourth-order valence-corrected chi connectivity index (χ4v) is 3.05. The molecule has 1 aromatic heterocycles. The SMILES string of the molecule is CC(C)(O)c1sc(S(N)=O)cc1Cl.NC(N)=O. The van der Waals surface area contributed by atoms with Crippen molar-refractivity contribution in [3.05, 3.63) is 16.0 Å². The highest BCUT2D eigenvalue weighted by Gasteiger charge is 2.23. The predicted molar refractivity (Wildman–Crippen MR) is 68.9 cm³/mol. The lowest BCUT2D eigenvalue weighted by Crippen LogP contribution is -2.18. The first-order valence-electron chi connectivity index (χ1n) is 4.29. The van der Waals surface area contributed by atoms with Crippen molar-refractivity contribution in [2.24, 2.45) is 16.6 Å². The number of aliphatic hydroxyl groups is 1. The lowest BCUT2D eigenvalue weighted by molar-refractivity contribution is 0.0826. The molecule has 0 bridgehead atoms. The molecule has 98 valence electrons. The van der Waals surface area contributed by atoms with Crippen LogP contribution < -0.4 is 16.6 Å². The van der Waals surface area contributed by atoms with E-state index in [4.69, 9.17) is 21.5 Å². The van der Waals surface area contributed by atoms with Crippen molar-refractivity contribution in [2.75, 3.05) is 0 Å². The van der Waals surface area contributed by atoms with Crippen LogP contribution in [0.2, 0.25) is 5.02 Å². The van der Waals surface area contributed by atoms with Gasteiger partial charge in [-0.1, -0.05) is 11.6 Å². The molecule has 1 atom stereocenters. The Morgan fingerprint density at radius 1 is 1.53 bits per heavy atom. The van der Waals surface area contributed by atoms with Crippen molar-refractivity contribution < 1.29 is 14.1 Å². The van der Waals surface area contributed by atoms with Crippen LogP contribution in [0.15, 0.2) is 10.3 Å². The van der Waals surface area contributed by atoms with E-state index in [1.807, 2.05) is 0 Å². The summed E-state index contributed by atoms with van der Waals surface area (Å²) in [5, 5.41) is 15.2.